The standard InChI is InChI=1S/C12H12FNO2S/c1-7-10(6-17(2)16)12(15)9-4-3-8(13)5-11(9)14-7/h3-5H,6H2,1-2H3,(H,14,15). The van der Waals surface area contributed by atoms with E-state index in [2.05, 4.69) is 4.98 Å². The van der Waals surface area contributed by atoms with Gasteiger partial charge >= 0.3 is 0 Å². The molecule has 0 fully saturated rings. The summed E-state index contributed by atoms with van der Waals surface area (Å²) >= 11 is -1.08. The Morgan fingerprint density at radius 1 is 1.47 bits per heavy atom. The Hall–Kier alpha value is -1.33. The number of aryl methyl sites for hydroxylation is 1. The minimum atomic E-state index is -1.08. The van der Waals surface area contributed by atoms with Gasteiger partial charge in [-0.25, -0.2) is 4.39 Å². The van der Waals surface area contributed by atoms with Crippen LogP contribution in [0.15, 0.2) is 23.0 Å². The first kappa shape index (κ1) is 12.1. The average molecular weight is 253 g/mol. The molecule has 0 bridgehead atoms. The van der Waals surface area contributed by atoms with E-state index in [0.717, 1.165) is 0 Å². The van der Waals surface area contributed by atoms with Gasteiger partial charge in [0.15, 0.2) is 5.43 Å². The molecule has 0 aliphatic rings. The van der Waals surface area contributed by atoms with Crippen LogP contribution < -0.4 is 5.43 Å². The molecule has 3 nitrogen and oxygen atoms in total. The first-order valence-electron chi connectivity index (χ1n) is 5.10. The van der Waals surface area contributed by atoms with Crippen molar-refractivity contribution in [3.63, 3.8) is 0 Å². The average Bonchev–Trinajstić information content (AvgIpc) is 2.23. The summed E-state index contributed by atoms with van der Waals surface area (Å²) in [6.07, 6.45) is 1.55. The molecular weight excluding hydrogens is 241 g/mol. The number of hydrogen-bond donors (Lipinski definition) is 1. The monoisotopic (exact) mass is 253 g/mol. The Bertz CT molecular complexity index is 622. The van der Waals surface area contributed by atoms with Crippen LogP contribution in [0.3, 0.4) is 0 Å². The van der Waals surface area contributed by atoms with Crippen molar-refractivity contribution in [2.45, 2.75) is 12.7 Å². The van der Waals surface area contributed by atoms with Gasteiger partial charge in [-0.05, 0) is 25.1 Å². The van der Waals surface area contributed by atoms with Crippen molar-refractivity contribution >= 4 is 22.1 Å². The molecule has 0 aliphatic heterocycles. The van der Waals surface area contributed by atoms with Gasteiger partial charge in [-0.3, -0.25) is 4.79 Å². The SMILES string of the molecule is Cc1[nH]c2cc(F)ccc2c(=O)c1C[S+](C)[O-]. The number of benzene rings is 1. The highest BCUT2D eigenvalue weighted by Crippen LogP contribution is 2.14. The summed E-state index contributed by atoms with van der Waals surface area (Å²) in [5, 5.41) is 0.428. The zero-order valence-electron chi connectivity index (χ0n) is 9.54. The summed E-state index contributed by atoms with van der Waals surface area (Å²) in [6.45, 7) is 1.73. The van der Waals surface area contributed by atoms with Crippen LogP contribution in [0.1, 0.15) is 11.3 Å². The van der Waals surface area contributed by atoms with Gasteiger partial charge in [0.25, 0.3) is 0 Å². The molecule has 90 valence electrons. The van der Waals surface area contributed by atoms with E-state index in [9.17, 15) is 13.7 Å². The second-order valence-corrected chi connectivity index (χ2v) is 5.40. The van der Waals surface area contributed by atoms with E-state index in [4.69, 9.17) is 0 Å². The summed E-state index contributed by atoms with van der Waals surface area (Å²) in [4.78, 5) is 15.1. The van der Waals surface area contributed by atoms with Crippen LogP contribution in [0.4, 0.5) is 4.39 Å². The fourth-order valence-electron chi connectivity index (χ4n) is 1.81. The van der Waals surface area contributed by atoms with Gasteiger partial charge in [0.2, 0.25) is 0 Å². The number of fused-ring (bicyclic) bond motifs is 1. The largest absolute Gasteiger partial charge is 0.616 e. The van der Waals surface area contributed by atoms with Gasteiger partial charge in [0, 0.05) is 11.1 Å². The van der Waals surface area contributed by atoms with Gasteiger partial charge < -0.3 is 9.54 Å². The molecule has 0 saturated heterocycles. The highest BCUT2D eigenvalue weighted by atomic mass is 32.2. The molecule has 5 heteroatoms. The lowest BCUT2D eigenvalue weighted by Crippen LogP contribution is -2.17. The van der Waals surface area contributed by atoms with Crippen molar-refractivity contribution in [1.82, 2.24) is 4.98 Å². The molecule has 1 heterocycles. The lowest BCUT2D eigenvalue weighted by Gasteiger charge is -2.09. The molecule has 0 aliphatic carbocycles. The van der Waals surface area contributed by atoms with Crippen LogP contribution in [-0.2, 0) is 16.9 Å². The van der Waals surface area contributed by atoms with Crippen LogP contribution in [-0.4, -0.2) is 15.8 Å². The molecule has 1 unspecified atom stereocenters. The molecule has 17 heavy (non-hydrogen) atoms. The van der Waals surface area contributed by atoms with Crippen LogP contribution in [0, 0.1) is 12.7 Å². The van der Waals surface area contributed by atoms with Crippen molar-refractivity contribution < 1.29 is 8.94 Å². The molecule has 0 radical (unpaired) electrons. The first-order valence-corrected chi connectivity index (χ1v) is 6.83. The predicted octanol–water partition coefficient (Wildman–Crippen LogP) is 1.85. The Morgan fingerprint density at radius 2 is 2.18 bits per heavy atom. The second kappa shape index (κ2) is 4.50. The zero-order chi connectivity index (χ0) is 12.6. The summed E-state index contributed by atoms with van der Waals surface area (Å²) in [5.41, 5.74) is 1.44. The molecule has 1 aromatic carbocycles. The number of pyridine rings is 1. The van der Waals surface area contributed by atoms with Crippen LogP contribution in [0.5, 0.6) is 0 Å². The predicted molar refractivity (Wildman–Crippen MR) is 67.0 cm³/mol. The Balaban J connectivity index is 2.72. The van der Waals surface area contributed by atoms with Crippen LogP contribution in [0.2, 0.25) is 0 Å². The smallest absolute Gasteiger partial charge is 0.197 e. The third-order valence-corrected chi connectivity index (χ3v) is 3.32. The fraction of sp³-hybridized carbons (Fsp3) is 0.250. The molecule has 1 atom stereocenters. The minimum Gasteiger partial charge on any atom is -0.616 e. The Morgan fingerprint density at radius 3 is 2.82 bits per heavy atom. The van der Waals surface area contributed by atoms with Gasteiger partial charge in [0.05, 0.1) is 17.3 Å². The maximum atomic E-state index is 13.0. The molecule has 0 spiro atoms. The number of nitrogens with one attached hydrogen (secondary N) is 1. The van der Waals surface area contributed by atoms with Crippen molar-refractivity contribution in [2.24, 2.45) is 0 Å². The van der Waals surface area contributed by atoms with Crippen molar-refractivity contribution in [1.29, 1.82) is 0 Å². The summed E-state index contributed by atoms with van der Waals surface area (Å²) < 4.78 is 24.2. The second-order valence-electron chi connectivity index (χ2n) is 3.97. The van der Waals surface area contributed by atoms with Gasteiger partial charge in [0.1, 0.15) is 11.6 Å². The Kier molecular flexibility index (Phi) is 3.22. The highest BCUT2D eigenvalue weighted by Gasteiger charge is 2.13. The number of aromatic nitrogens is 1. The van der Waals surface area contributed by atoms with Crippen molar-refractivity contribution in [2.75, 3.05) is 6.26 Å². The third-order valence-electron chi connectivity index (χ3n) is 2.62. The van der Waals surface area contributed by atoms with Crippen LogP contribution in [0.25, 0.3) is 10.9 Å². The summed E-state index contributed by atoms with van der Waals surface area (Å²) in [5.74, 6) is -0.173. The number of rotatable bonds is 2. The highest BCUT2D eigenvalue weighted by molar-refractivity contribution is 7.89. The van der Waals surface area contributed by atoms with Gasteiger partial charge in [-0.15, -0.1) is 0 Å². The molecular formula is C12H12FNO2S. The minimum absolute atomic E-state index is 0.175. The molecule has 2 aromatic rings. The van der Waals surface area contributed by atoms with Gasteiger partial charge in [-0.1, -0.05) is 11.2 Å². The van der Waals surface area contributed by atoms with E-state index in [1.54, 1.807) is 13.2 Å². The Labute approximate surface area is 101 Å². The topological polar surface area (TPSA) is 55.9 Å². The van der Waals surface area contributed by atoms with E-state index in [1.807, 2.05) is 0 Å². The number of H-pyrrole nitrogens is 1. The molecule has 0 saturated carbocycles. The van der Waals surface area contributed by atoms with E-state index in [0.29, 0.717) is 22.2 Å². The van der Waals surface area contributed by atoms with E-state index in [-0.39, 0.29) is 17.0 Å². The van der Waals surface area contributed by atoms with E-state index in [1.165, 1.54) is 18.2 Å². The van der Waals surface area contributed by atoms with E-state index >= 15 is 0 Å². The molecule has 2 rings (SSSR count). The molecule has 1 aromatic heterocycles. The van der Waals surface area contributed by atoms with Crippen molar-refractivity contribution in [3.8, 4) is 0 Å². The lowest BCUT2D eigenvalue weighted by molar-refractivity contribution is 0.599. The quantitative estimate of drug-likeness (QED) is 0.830. The zero-order valence-corrected chi connectivity index (χ0v) is 10.4. The lowest BCUT2D eigenvalue weighted by atomic mass is 10.1. The summed E-state index contributed by atoms with van der Waals surface area (Å²) in [6, 6.07) is 3.99. The number of hydrogen-bond acceptors (Lipinski definition) is 2. The first-order chi connectivity index (χ1) is 7.99. The maximum Gasteiger partial charge on any atom is 0.197 e. The normalized spacial score (nSPS) is 12.9. The molecule has 0 amide bonds. The number of aromatic amines is 1. The third kappa shape index (κ3) is 2.35. The molecule has 1 N–H and O–H groups in total. The van der Waals surface area contributed by atoms with Crippen molar-refractivity contribution in [3.05, 3.63) is 45.5 Å². The van der Waals surface area contributed by atoms with Crippen LogP contribution >= 0.6 is 0 Å². The number of halogens is 1. The maximum absolute atomic E-state index is 13.0. The summed E-state index contributed by atoms with van der Waals surface area (Å²) in [7, 11) is 0. The van der Waals surface area contributed by atoms with E-state index < -0.39 is 11.2 Å². The van der Waals surface area contributed by atoms with Gasteiger partial charge in [-0.2, -0.15) is 0 Å². The fourth-order valence-corrected chi connectivity index (χ4v) is 2.56.